The maximum atomic E-state index is 13.8. The molecule has 1 unspecified atom stereocenters. The number of carbonyl (C=O) groups excluding carboxylic acids is 1. The average molecular weight is 565 g/mol. The van der Waals surface area contributed by atoms with Crippen LogP contribution in [0.3, 0.4) is 0 Å². The van der Waals surface area contributed by atoms with Crippen LogP contribution in [0.2, 0.25) is 0 Å². The molecule has 2 aromatic carbocycles. The van der Waals surface area contributed by atoms with Crippen molar-refractivity contribution in [2.45, 2.75) is 57.0 Å². The second-order valence-corrected chi connectivity index (χ2v) is 12.4. The first-order valence-corrected chi connectivity index (χ1v) is 15.5. The van der Waals surface area contributed by atoms with Crippen molar-refractivity contribution in [2.24, 2.45) is 0 Å². The van der Waals surface area contributed by atoms with Crippen molar-refractivity contribution < 1.29 is 17.9 Å². The van der Waals surface area contributed by atoms with Crippen LogP contribution in [-0.2, 0) is 16.6 Å². The Morgan fingerprint density at radius 2 is 1.95 bits per heavy atom. The molecule has 2 aromatic heterocycles. The largest absolute Gasteiger partial charge is 0.494 e. The normalized spacial score (nSPS) is 16.3. The van der Waals surface area contributed by atoms with Crippen LogP contribution >= 0.6 is 11.3 Å². The summed E-state index contributed by atoms with van der Waals surface area (Å²) in [6, 6.07) is 15.7. The number of ether oxygens (including phenoxy) is 1. The van der Waals surface area contributed by atoms with E-state index in [9.17, 15) is 13.2 Å². The third kappa shape index (κ3) is 5.83. The minimum absolute atomic E-state index is 0.0160. The summed E-state index contributed by atoms with van der Waals surface area (Å²) in [5.41, 5.74) is 2.02. The molecule has 0 bridgehead atoms. The number of pyridine rings is 1. The van der Waals surface area contributed by atoms with E-state index in [1.165, 1.54) is 11.3 Å². The zero-order valence-electron chi connectivity index (χ0n) is 22.1. The van der Waals surface area contributed by atoms with E-state index in [4.69, 9.17) is 9.72 Å². The van der Waals surface area contributed by atoms with Crippen LogP contribution in [0.1, 0.15) is 55.5 Å². The summed E-state index contributed by atoms with van der Waals surface area (Å²) in [7, 11) is -3.63. The van der Waals surface area contributed by atoms with E-state index in [1.807, 2.05) is 44.2 Å². The zero-order valence-corrected chi connectivity index (χ0v) is 23.7. The predicted molar refractivity (Wildman–Crippen MR) is 154 cm³/mol. The number of hydrogen-bond acceptors (Lipinski definition) is 7. The van der Waals surface area contributed by atoms with E-state index in [0.29, 0.717) is 23.8 Å². The molecule has 1 saturated heterocycles. The molecule has 4 aromatic rings. The molecule has 1 fully saturated rings. The average Bonchev–Trinajstić information content (AvgIpc) is 3.39. The summed E-state index contributed by atoms with van der Waals surface area (Å²) in [4.78, 5) is 24.6. The number of hydrogen-bond donors (Lipinski definition) is 0. The van der Waals surface area contributed by atoms with Crippen molar-refractivity contribution in [3.63, 3.8) is 0 Å². The Kier molecular flexibility index (Phi) is 8.25. The Balaban J connectivity index is 1.46. The van der Waals surface area contributed by atoms with Crippen molar-refractivity contribution in [3.05, 3.63) is 78.1 Å². The van der Waals surface area contributed by atoms with Crippen molar-refractivity contribution in [1.82, 2.24) is 14.3 Å². The number of fused-ring (bicyclic) bond motifs is 1. The van der Waals surface area contributed by atoms with Gasteiger partial charge < -0.3 is 4.74 Å². The zero-order chi connectivity index (χ0) is 27.4. The molecule has 39 heavy (non-hydrogen) atoms. The molecule has 0 N–H and O–H groups in total. The number of nitrogens with zero attached hydrogens (tertiary/aromatic N) is 4. The van der Waals surface area contributed by atoms with E-state index in [1.54, 1.807) is 45.9 Å². The Hall–Kier alpha value is -3.34. The quantitative estimate of drug-likeness (QED) is 0.252. The van der Waals surface area contributed by atoms with Crippen LogP contribution in [0.15, 0.2) is 71.9 Å². The summed E-state index contributed by atoms with van der Waals surface area (Å²) in [5, 5.41) is 0.545. The number of thiazole rings is 1. The number of benzene rings is 2. The molecule has 10 heteroatoms. The SMILES string of the molecule is CCOc1ccc2nc(N(Cc3cccnc3)C(=O)c3ccc(S(=O)(=O)N4CCCCC4CC)cc3)sc2c1. The summed E-state index contributed by atoms with van der Waals surface area (Å²) in [5.74, 6) is 0.484. The van der Waals surface area contributed by atoms with E-state index >= 15 is 0 Å². The molecule has 0 aliphatic carbocycles. The second kappa shape index (κ2) is 11.8. The molecular weight excluding hydrogens is 532 g/mol. The van der Waals surface area contributed by atoms with Crippen LogP contribution in [-0.4, -0.2) is 47.8 Å². The summed E-state index contributed by atoms with van der Waals surface area (Å²) >= 11 is 1.41. The van der Waals surface area contributed by atoms with Gasteiger partial charge in [-0.25, -0.2) is 13.4 Å². The van der Waals surface area contributed by atoms with Crippen LogP contribution in [0.5, 0.6) is 5.75 Å². The van der Waals surface area contributed by atoms with Gasteiger partial charge >= 0.3 is 0 Å². The van der Waals surface area contributed by atoms with Gasteiger partial charge in [0.05, 0.1) is 28.3 Å². The molecule has 1 atom stereocenters. The Morgan fingerprint density at radius 1 is 1.13 bits per heavy atom. The number of amides is 1. The third-order valence-corrected chi connectivity index (χ3v) is 9.96. The van der Waals surface area contributed by atoms with E-state index in [2.05, 4.69) is 4.98 Å². The third-order valence-electron chi connectivity index (χ3n) is 6.95. The van der Waals surface area contributed by atoms with Gasteiger partial charge in [0.2, 0.25) is 10.0 Å². The fraction of sp³-hybridized carbons (Fsp3) is 0.345. The highest BCUT2D eigenvalue weighted by atomic mass is 32.2. The van der Waals surface area contributed by atoms with Gasteiger partial charge in [0.25, 0.3) is 5.91 Å². The molecule has 1 amide bonds. The van der Waals surface area contributed by atoms with E-state index < -0.39 is 10.0 Å². The Morgan fingerprint density at radius 3 is 2.67 bits per heavy atom. The molecular formula is C29H32N4O4S2. The highest BCUT2D eigenvalue weighted by Gasteiger charge is 2.32. The molecule has 1 aliphatic heterocycles. The lowest BCUT2D eigenvalue weighted by Gasteiger charge is -2.34. The lowest BCUT2D eigenvalue weighted by atomic mass is 10.0. The first-order valence-electron chi connectivity index (χ1n) is 13.3. The summed E-state index contributed by atoms with van der Waals surface area (Å²) in [6.07, 6.45) is 6.98. The van der Waals surface area contributed by atoms with Crippen molar-refractivity contribution in [1.29, 1.82) is 0 Å². The van der Waals surface area contributed by atoms with Crippen LogP contribution in [0.25, 0.3) is 10.2 Å². The minimum atomic E-state index is -3.63. The van der Waals surface area contributed by atoms with Crippen LogP contribution < -0.4 is 9.64 Å². The van der Waals surface area contributed by atoms with Crippen molar-refractivity contribution in [2.75, 3.05) is 18.1 Å². The number of sulfonamides is 1. The van der Waals surface area contributed by atoms with Gasteiger partial charge in [0.1, 0.15) is 5.75 Å². The highest BCUT2D eigenvalue weighted by Crippen LogP contribution is 2.33. The summed E-state index contributed by atoms with van der Waals surface area (Å²) in [6.45, 7) is 5.32. The van der Waals surface area contributed by atoms with Crippen LogP contribution in [0, 0.1) is 0 Å². The van der Waals surface area contributed by atoms with Gasteiger partial charge in [-0.05, 0) is 80.3 Å². The molecule has 1 aliphatic rings. The fourth-order valence-electron chi connectivity index (χ4n) is 4.92. The van der Waals surface area contributed by atoms with Gasteiger partial charge in [-0.3, -0.25) is 14.7 Å². The van der Waals surface area contributed by atoms with Crippen LogP contribution in [0.4, 0.5) is 5.13 Å². The Labute approximate surface area is 233 Å². The topological polar surface area (TPSA) is 92.7 Å². The lowest BCUT2D eigenvalue weighted by Crippen LogP contribution is -2.43. The maximum absolute atomic E-state index is 13.8. The molecule has 0 saturated carbocycles. The molecule has 0 spiro atoms. The standard InChI is InChI=1S/C29H32N4O4S2/c1-3-23-9-5-6-17-33(23)39(35,36)25-13-10-22(11-14-25)28(34)32(20-21-8-7-16-30-19-21)29-31-26-15-12-24(37-4-2)18-27(26)38-29/h7-8,10-16,18-19,23H,3-6,9,17,20H2,1-2H3. The summed E-state index contributed by atoms with van der Waals surface area (Å²) < 4.78 is 35.0. The lowest BCUT2D eigenvalue weighted by molar-refractivity contribution is 0.0985. The number of aromatic nitrogens is 2. The number of anilines is 1. The Bertz CT molecular complexity index is 1540. The van der Waals surface area contributed by atoms with Gasteiger partial charge in [0, 0.05) is 30.5 Å². The minimum Gasteiger partial charge on any atom is -0.494 e. The number of piperidine rings is 1. The monoisotopic (exact) mass is 564 g/mol. The highest BCUT2D eigenvalue weighted by molar-refractivity contribution is 7.89. The first-order chi connectivity index (χ1) is 18.9. The predicted octanol–water partition coefficient (Wildman–Crippen LogP) is 5.89. The number of carbonyl (C=O) groups is 1. The fourth-order valence-corrected chi connectivity index (χ4v) is 7.68. The van der Waals surface area contributed by atoms with Crippen molar-refractivity contribution >= 4 is 42.6 Å². The van der Waals surface area contributed by atoms with Gasteiger partial charge in [-0.15, -0.1) is 0 Å². The van der Waals surface area contributed by atoms with Crippen molar-refractivity contribution in [3.8, 4) is 5.75 Å². The molecule has 8 nitrogen and oxygen atoms in total. The number of rotatable bonds is 9. The van der Waals surface area contributed by atoms with E-state index in [-0.39, 0.29) is 23.4 Å². The molecule has 5 rings (SSSR count). The smallest absolute Gasteiger partial charge is 0.260 e. The van der Waals surface area contributed by atoms with Gasteiger partial charge in [-0.1, -0.05) is 30.7 Å². The molecule has 0 radical (unpaired) electrons. The maximum Gasteiger partial charge on any atom is 0.260 e. The first kappa shape index (κ1) is 27.2. The molecule has 3 heterocycles. The van der Waals surface area contributed by atoms with Gasteiger partial charge in [0.15, 0.2) is 5.13 Å². The second-order valence-electron chi connectivity index (χ2n) is 9.51. The van der Waals surface area contributed by atoms with E-state index in [0.717, 1.165) is 47.2 Å². The van der Waals surface area contributed by atoms with Gasteiger partial charge in [-0.2, -0.15) is 4.31 Å². The molecule has 204 valence electrons.